The fourth-order valence-electron chi connectivity index (χ4n) is 2.75. The largest absolute Gasteiger partial charge is 0.290 e. The second kappa shape index (κ2) is 5.48. The van der Waals surface area contributed by atoms with Gasteiger partial charge in [-0.2, -0.15) is 0 Å². The molecule has 1 aromatic rings. The number of halogens is 1. The summed E-state index contributed by atoms with van der Waals surface area (Å²) in [5, 5.41) is 3.34. The van der Waals surface area contributed by atoms with Crippen molar-refractivity contribution >= 4 is 29.2 Å². The van der Waals surface area contributed by atoms with E-state index in [0.29, 0.717) is 16.5 Å². The Morgan fingerprint density at radius 1 is 1.04 bits per heavy atom. The van der Waals surface area contributed by atoms with E-state index in [-0.39, 0.29) is 11.8 Å². The number of hydrogen-bond acceptors (Lipinski definition) is 3. The van der Waals surface area contributed by atoms with Crippen LogP contribution in [0.2, 0.25) is 5.02 Å². The monoisotopic (exact) mass is 321 g/mol. The summed E-state index contributed by atoms with van der Waals surface area (Å²) in [6.45, 7) is 0. The molecule has 4 nitrogen and oxygen atoms in total. The molecule has 0 saturated heterocycles. The van der Waals surface area contributed by atoms with Gasteiger partial charge in [-0.1, -0.05) is 35.9 Å². The zero-order valence-corrected chi connectivity index (χ0v) is 12.8. The molecule has 112 valence electrons. The van der Waals surface area contributed by atoms with Crippen molar-refractivity contribution in [2.45, 2.75) is 0 Å². The average molecular weight is 322 g/mol. The van der Waals surface area contributed by atoms with Crippen molar-refractivity contribution in [1.29, 1.82) is 0 Å². The smallest absolute Gasteiger partial charge is 0.258 e. The summed E-state index contributed by atoms with van der Waals surface area (Å²) in [6, 6.07) is 6.69. The van der Waals surface area contributed by atoms with Gasteiger partial charge in [0.05, 0.1) is 17.3 Å². The third kappa shape index (κ3) is 2.58. The molecule has 0 aromatic heterocycles. The van der Waals surface area contributed by atoms with Gasteiger partial charge in [-0.15, -0.1) is 0 Å². The molecule has 0 saturated carbocycles. The van der Waals surface area contributed by atoms with E-state index in [1.54, 1.807) is 24.3 Å². The van der Waals surface area contributed by atoms with E-state index in [9.17, 15) is 4.79 Å². The van der Waals surface area contributed by atoms with Crippen LogP contribution in [0.25, 0.3) is 0 Å². The number of benzene rings is 1. The number of guanidine groups is 1. The number of hydrogen-bond donors (Lipinski definition) is 1. The van der Waals surface area contributed by atoms with Crippen molar-refractivity contribution in [1.82, 2.24) is 5.32 Å². The summed E-state index contributed by atoms with van der Waals surface area (Å²) < 4.78 is 0. The molecule has 1 amide bonds. The van der Waals surface area contributed by atoms with E-state index in [1.165, 1.54) is 0 Å². The van der Waals surface area contributed by atoms with Crippen molar-refractivity contribution in [3.63, 3.8) is 0 Å². The minimum Gasteiger partial charge on any atom is -0.290 e. The predicted molar refractivity (Wildman–Crippen MR) is 91.7 cm³/mol. The van der Waals surface area contributed by atoms with Gasteiger partial charge < -0.3 is 0 Å². The lowest BCUT2D eigenvalue weighted by Crippen LogP contribution is -2.35. The number of nitrogens with zero attached hydrogens (tertiary/aromatic N) is 2. The molecule has 1 heterocycles. The van der Waals surface area contributed by atoms with Crippen LogP contribution in [0.15, 0.2) is 82.0 Å². The first-order chi connectivity index (χ1) is 11.2. The van der Waals surface area contributed by atoms with Crippen LogP contribution in [0.5, 0.6) is 0 Å². The van der Waals surface area contributed by atoms with Crippen molar-refractivity contribution in [2.75, 3.05) is 0 Å². The summed E-state index contributed by atoms with van der Waals surface area (Å²) in [7, 11) is 0. The van der Waals surface area contributed by atoms with Crippen molar-refractivity contribution in [2.24, 2.45) is 15.9 Å². The molecule has 0 fully saturated rings. The van der Waals surface area contributed by atoms with E-state index in [0.717, 1.165) is 17.0 Å². The van der Waals surface area contributed by atoms with Crippen LogP contribution < -0.4 is 5.32 Å². The zero-order chi connectivity index (χ0) is 15.8. The Labute approximate surface area is 138 Å². The van der Waals surface area contributed by atoms with Crippen LogP contribution in [-0.2, 0) is 0 Å². The molecule has 1 atom stereocenters. The summed E-state index contributed by atoms with van der Waals surface area (Å²) in [5.41, 5.74) is 3.45. The molecule has 1 unspecified atom stereocenters. The van der Waals surface area contributed by atoms with Gasteiger partial charge in [-0.05, 0) is 42.0 Å². The summed E-state index contributed by atoms with van der Waals surface area (Å²) in [4.78, 5) is 21.2. The third-order valence-corrected chi connectivity index (χ3v) is 4.09. The Bertz CT molecular complexity index is 868. The van der Waals surface area contributed by atoms with E-state index in [1.807, 2.05) is 24.3 Å². The van der Waals surface area contributed by atoms with Gasteiger partial charge in [-0.3, -0.25) is 10.1 Å². The Kier molecular flexibility index (Phi) is 3.32. The predicted octanol–water partition coefficient (Wildman–Crippen LogP) is 3.45. The van der Waals surface area contributed by atoms with Gasteiger partial charge in [0, 0.05) is 10.6 Å². The minimum absolute atomic E-state index is 0.0705. The van der Waals surface area contributed by atoms with Crippen LogP contribution >= 0.6 is 11.6 Å². The topological polar surface area (TPSA) is 53.8 Å². The number of rotatable bonds is 1. The van der Waals surface area contributed by atoms with Crippen LogP contribution in [0.3, 0.4) is 0 Å². The van der Waals surface area contributed by atoms with Crippen LogP contribution in [-0.4, -0.2) is 17.6 Å². The lowest BCUT2D eigenvalue weighted by molar-refractivity contribution is 0.0976. The highest BCUT2D eigenvalue weighted by molar-refractivity contribution is 6.30. The first-order valence-corrected chi connectivity index (χ1v) is 7.59. The number of carbonyl (C=O) groups is 1. The lowest BCUT2D eigenvalue weighted by Gasteiger charge is -2.27. The number of nitrogens with one attached hydrogen (secondary N) is 1. The maximum absolute atomic E-state index is 12.3. The first kappa shape index (κ1) is 13.9. The quantitative estimate of drug-likeness (QED) is 0.846. The van der Waals surface area contributed by atoms with Crippen LogP contribution in [0.1, 0.15) is 10.4 Å². The first-order valence-electron chi connectivity index (χ1n) is 7.21. The maximum Gasteiger partial charge on any atom is 0.258 e. The molecule has 2 aliphatic carbocycles. The van der Waals surface area contributed by atoms with Crippen LogP contribution in [0, 0.1) is 5.92 Å². The van der Waals surface area contributed by atoms with Crippen molar-refractivity contribution in [3.8, 4) is 0 Å². The second-order valence-electron chi connectivity index (χ2n) is 5.34. The lowest BCUT2D eigenvalue weighted by atomic mass is 9.83. The number of aliphatic imine (C=N–C) groups is 2. The fraction of sp³-hybridized carbons (Fsp3) is 0.0556. The minimum atomic E-state index is -0.259. The van der Waals surface area contributed by atoms with Gasteiger partial charge in [0.25, 0.3) is 5.91 Å². The number of carbonyl (C=O) groups excluding carboxylic acids is 1. The van der Waals surface area contributed by atoms with E-state index < -0.39 is 0 Å². The average Bonchev–Trinajstić information content (AvgIpc) is 2.56. The molecule has 23 heavy (non-hydrogen) atoms. The molecule has 0 spiro atoms. The summed E-state index contributed by atoms with van der Waals surface area (Å²) in [5.74, 6) is 0.121. The Balaban J connectivity index is 1.62. The number of allylic oxidation sites excluding steroid dienone is 7. The molecule has 0 bridgehead atoms. The SMILES string of the molecule is O=C(NC1=NC2=CC=CC3=CC=CC(=N1)C32)c1ccc(Cl)cc1. The molecular weight excluding hydrogens is 310 g/mol. The van der Waals surface area contributed by atoms with E-state index in [2.05, 4.69) is 27.5 Å². The van der Waals surface area contributed by atoms with Crippen molar-refractivity contribution < 1.29 is 4.79 Å². The molecule has 1 aromatic carbocycles. The Hall–Kier alpha value is -2.72. The van der Waals surface area contributed by atoms with Crippen molar-refractivity contribution in [3.05, 3.63) is 82.6 Å². The molecular formula is C18H12ClN3O. The van der Waals surface area contributed by atoms with Gasteiger partial charge in [0.15, 0.2) is 0 Å². The van der Waals surface area contributed by atoms with E-state index in [4.69, 9.17) is 11.6 Å². The maximum atomic E-state index is 12.3. The fourth-order valence-corrected chi connectivity index (χ4v) is 2.88. The van der Waals surface area contributed by atoms with Gasteiger partial charge >= 0.3 is 0 Å². The second-order valence-corrected chi connectivity index (χ2v) is 5.78. The molecule has 0 radical (unpaired) electrons. The molecule has 3 aliphatic rings. The molecule has 1 aliphatic heterocycles. The van der Waals surface area contributed by atoms with Crippen LogP contribution in [0.4, 0.5) is 0 Å². The summed E-state index contributed by atoms with van der Waals surface area (Å²) in [6.07, 6.45) is 11.9. The third-order valence-electron chi connectivity index (χ3n) is 3.84. The molecule has 1 N–H and O–H groups in total. The molecule has 4 rings (SSSR count). The Morgan fingerprint density at radius 2 is 1.83 bits per heavy atom. The number of amides is 1. The normalized spacial score (nSPS) is 20.8. The highest BCUT2D eigenvalue weighted by atomic mass is 35.5. The standard InChI is InChI=1S/C18H12ClN3O/c19-13-9-7-12(8-10-13)17(23)22-18-20-14-5-1-3-11-4-2-6-15(21-18)16(11)14/h1-10,16H,(H,20,21,22,23). The highest BCUT2D eigenvalue weighted by Crippen LogP contribution is 2.33. The zero-order valence-electron chi connectivity index (χ0n) is 12.0. The van der Waals surface area contributed by atoms with Gasteiger partial charge in [-0.25, -0.2) is 9.98 Å². The van der Waals surface area contributed by atoms with Gasteiger partial charge in [0.2, 0.25) is 5.96 Å². The highest BCUT2D eigenvalue weighted by Gasteiger charge is 2.29. The Morgan fingerprint density at radius 3 is 2.65 bits per heavy atom. The van der Waals surface area contributed by atoms with E-state index >= 15 is 0 Å². The van der Waals surface area contributed by atoms with Gasteiger partial charge in [0.1, 0.15) is 0 Å². The summed E-state index contributed by atoms with van der Waals surface area (Å²) >= 11 is 5.84. The molecule has 5 heteroatoms.